The monoisotopic (exact) mass is 411 g/mol. The summed E-state index contributed by atoms with van der Waals surface area (Å²) in [6, 6.07) is 6.67. The molecule has 4 rings (SSSR count). The van der Waals surface area contributed by atoms with Gasteiger partial charge in [0.2, 0.25) is 5.91 Å². The van der Waals surface area contributed by atoms with Crippen LogP contribution in [0.15, 0.2) is 18.2 Å². The highest BCUT2D eigenvalue weighted by Gasteiger charge is 2.28. The van der Waals surface area contributed by atoms with Gasteiger partial charge in [0.05, 0.1) is 18.3 Å². The number of carbonyl (C=O) groups is 1. The van der Waals surface area contributed by atoms with Crippen LogP contribution in [0.1, 0.15) is 82.6 Å². The third-order valence-corrected chi connectivity index (χ3v) is 6.28. The molecule has 162 valence electrons. The Morgan fingerprint density at radius 1 is 1.13 bits per heavy atom. The van der Waals surface area contributed by atoms with Gasteiger partial charge >= 0.3 is 0 Å². The van der Waals surface area contributed by atoms with E-state index in [1.165, 1.54) is 32.1 Å². The Hall–Kier alpha value is -2.44. The van der Waals surface area contributed by atoms with E-state index >= 15 is 0 Å². The lowest BCUT2D eigenvalue weighted by molar-refractivity contribution is -0.119. The van der Waals surface area contributed by atoms with Crippen molar-refractivity contribution in [2.75, 3.05) is 11.5 Å². The van der Waals surface area contributed by atoms with Gasteiger partial charge < -0.3 is 9.64 Å². The lowest BCUT2D eigenvalue weighted by Crippen LogP contribution is -2.40. The number of fused-ring (bicyclic) bond motifs is 1. The molecular weight excluding hydrogens is 378 g/mol. The first kappa shape index (κ1) is 20.8. The zero-order chi connectivity index (χ0) is 20.9. The van der Waals surface area contributed by atoms with E-state index < -0.39 is 0 Å². The van der Waals surface area contributed by atoms with E-state index in [0.717, 1.165) is 48.5 Å². The number of tetrazole rings is 1. The fourth-order valence-electron chi connectivity index (χ4n) is 4.77. The van der Waals surface area contributed by atoms with Crippen molar-refractivity contribution in [3.63, 3.8) is 0 Å². The minimum Gasteiger partial charge on any atom is -0.493 e. The number of unbranched alkanes of at least 4 members (excludes halogenated alkanes) is 1. The Bertz CT molecular complexity index is 857. The van der Waals surface area contributed by atoms with Crippen LogP contribution in [0.2, 0.25) is 0 Å². The summed E-state index contributed by atoms with van der Waals surface area (Å²) in [5.74, 6) is 2.12. The number of hydrogen-bond acceptors (Lipinski definition) is 5. The summed E-state index contributed by atoms with van der Waals surface area (Å²) in [4.78, 5) is 14.2. The maximum Gasteiger partial charge on any atom is 0.227 e. The number of anilines is 1. The molecule has 0 spiro atoms. The molecule has 7 heteroatoms. The largest absolute Gasteiger partial charge is 0.493 e. The van der Waals surface area contributed by atoms with Crippen LogP contribution < -0.4 is 9.64 Å². The summed E-state index contributed by atoms with van der Waals surface area (Å²) in [6.45, 7) is 4.78. The lowest BCUT2D eigenvalue weighted by Gasteiger charge is -2.33. The Labute approximate surface area is 178 Å². The van der Waals surface area contributed by atoms with E-state index in [1.54, 1.807) is 0 Å². The van der Waals surface area contributed by atoms with Crippen molar-refractivity contribution in [2.45, 2.75) is 90.1 Å². The summed E-state index contributed by atoms with van der Waals surface area (Å²) in [6.07, 6.45) is 10.4. The highest BCUT2D eigenvalue weighted by molar-refractivity contribution is 5.97. The van der Waals surface area contributed by atoms with Gasteiger partial charge in [-0.15, -0.1) is 5.10 Å². The van der Waals surface area contributed by atoms with Gasteiger partial charge in [-0.05, 0) is 68.5 Å². The predicted molar refractivity (Wildman–Crippen MR) is 116 cm³/mol. The van der Waals surface area contributed by atoms with Crippen molar-refractivity contribution >= 4 is 11.6 Å². The van der Waals surface area contributed by atoms with Crippen LogP contribution in [0.3, 0.4) is 0 Å². The summed E-state index contributed by atoms with van der Waals surface area (Å²) in [7, 11) is 0. The van der Waals surface area contributed by atoms with Gasteiger partial charge in [-0.3, -0.25) is 4.79 Å². The Morgan fingerprint density at radius 3 is 2.77 bits per heavy atom. The number of nitrogens with zero attached hydrogens (tertiary/aromatic N) is 5. The second-order valence-electron chi connectivity index (χ2n) is 8.75. The molecule has 0 saturated heterocycles. The average Bonchev–Trinajstić information content (AvgIpc) is 3.22. The number of aromatic nitrogens is 4. The molecule has 1 saturated carbocycles. The van der Waals surface area contributed by atoms with Crippen LogP contribution in [0.25, 0.3) is 0 Å². The van der Waals surface area contributed by atoms with Gasteiger partial charge in [0.15, 0.2) is 5.82 Å². The lowest BCUT2D eigenvalue weighted by atomic mass is 9.95. The third kappa shape index (κ3) is 4.50. The Morgan fingerprint density at radius 2 is 1.97 bits per heavy atom. The first-order valence-electron chi connectivity index (χ1n) is 11.5. The predicted octanol–water partition coefficient (Wildman–Crippen LogP) is 4.27. The number of rotatable bonds is 8. The van der Waals surface area contributed by atoms with E-state index in [9.17, 15) is 4.79 Å². The fraction of sp³-hybridized carbons (Fsp3) is 0.652. The number of aryl methyl sites for hydroxylation is 1. The van der Waals surface area contributed by atoms with Crippen molar-refractivity contribution in [1.29, 1.82) is 0 Å². The maximum atomic E-state index is 12.3. The smallest absolute Gasteiger partial charge is 0.227 e. The number of carbonyl (C=O) groups excluding carboxylic acids is 1. The Balaban J connectivity index is 1.30. The number of amides is 1. The van der Waals surface area contributed by atoms with Crippen molar-refractivity contribution in [3.8, 4) is 5.75 Å². The molecule has 1 fully saturated rings. The van der Waals surface area contributed by atoms with Crippen molar-refractivity contribution in [1.82, 2.24) is 20.2 Å². The van der Waals surface area contributed by atoms with Crippen LogP contribution in [-0.4, -0.2) is 38.8 Å². The van der Waals surface area contributed by atoms with Crippen molar-refractivity contribution < 1.29 is 9.53 Å². The first-order chi connectivity index (χ1) is 14.6. The molecule has 30 heavy (non-hydrogen) atoms. The molecule has 1 aliphatic carbocycles. The molecule has 2 aromatic rings. The summed E-state index contributed by atoms with van der Waals surface area (Å²) >= 11 is 0. The normalized spacial score (nSPS) is 17.4. The van der Waals surface area contributed by atoms with Gasteiger partial charge in [0.25, 0.3) is 0 Å². The van der Waals surface area contributed by atoms with E-state index in [-0.39, 0.29) is 11.9 Å². The summed E-state index contributed by atoms with van der Waals surface area (Å²) in [5.41, 5.74) is 2.16. The van der Waals surface area contributed by atoms with Crippen molar-refractivity contribution in [2.24, 2.45) is 0 Å². The quantitative estimate of drug-likeness (QED) is 0.607. The van der Waals surface area contributed by atoms with Crippen LogP contribution in [-0.2, 0) is 17.6 Å². The molecule has 1 amide bonds. The van der Waals surface area contributed by atoms with Gasteiger partial charge in [0, 0.05) is 24.4 Å². The van der Waals surface area contributed by atoms with Gasteiger partial charge in [0.1, 0.15) is 5.75 Å². The molecule has 0 atom stereocenters. The van der Waals surface area contributed by atoms with Gasteiger partial charge in [-0.1, -0.05) is 25.3 Å². The molecule has 0 N–H and O–H groups in total. The zero-order valence-electron chi connectivity index (χ0n) is 18.2. The molecule has 1 aromatic heterocycles. The van der Waals surface area contributed by atoms with Crippen LogP contribution in [0.5, 0.6) is 5.75 Å². The van der Waals surface area contributed by atoms with E-state index in [1.807, 2.05) is 23.1 Å². The number of benzene rings is 1. The summed E-state index contributed by atoms with van der Waals surface area (Å²) < 4.78 is 8.20. The molecule has 0 bridgehead atoms. The maximum absolute atomic E-state index is 12.3. The molecule has 2 heterocycles. The highest BCUT2D eigenvalue weighted by Crippen LogP contribution is 2.36. The van der Waals surface area contributed by atoms with Gasteiger partial charge in [-0.25, -0.2) is 4.68 Å². The van der Waals surface area contributed by atoms with E-state index in [2.05, 4.69) is 34.1 Å². The molecule has 7 nitrogen and oxygen atoms in total. The number of hydrogen-bond donors (Lipinski definition) is 0. The number of ether oxygens (including phenoxy) is 1. The average molecular weight is 412 g/mol. The fourth-order valence-corrected chi connectivity index (χ4v) is 4.77. The standard InChI is InChI=1S/C23H33N5O2/c1-17(2)27-20-11-8-12-21(19(20)14-15-23(27)29)30-16-7-6-13-22-24-25-26-28(22)18-9-4-3-5-10-18/h8,11-12,17-18H,3-7,9-10,13-16H2,1-2H3. The summed E-state index contributed by atoms with van der Waals surface area (Å²) in [5, 5.41) is 12.4. The SMILES string of the molecule is CC(C)N1C(=O)CCc2c(OCCCCc3nnnn3C3CCCCC3)cccc21. The van der Waals surface area contributed by atoms with E-state index in [4.69, 9.17) is 4.74 Å². The topological polar surface area (TPSA) is 73.1 Å². The second kappa shape index (κ2) is 9.58. The zero-order valence-corrected chi connectivity index (χ0v) is 18.2. The Kier molecular flexibility index (Phi) is 6.65. The first-order valence-corrected chi connectivity index (χ1v) is 11.5. The molecule has 0 unspecified atom stereocenters. The molecule has 2 aliphatic rings. The molecule has 1 aromatic carbocycles. The minimum atomic E-state index is 0.155. The van der Waals surface area contributed by atoms with Gasteiger partial charge in [-0.2, -0.15) is 0 Å². The third-order valence-electron chi connectivity index (χ3n) is 6.28. The second-order valence-corrected chi connectivity index (χ2v) is 8.75. The van der Waals surface area contributed by atoms with Crippen LogP contribution in [0.4, 0.5) is 5.69 Å². The minimum absolute atomic E-state index is 0.155. The van der Waals surface area contributed by atoms with Crippen LogP contribution in [0, 0.1) is 0 Å². The highest BCUT2D eigenvalue weighted by atomic mass is 16.5. The molecule has 0 radical (unpaired) electrons. The molecular formula is C23H33N5O2. The van der Waals surface area contributed by atoms with Crippen molar-refractivity contribution in [3.05, 3.63) is 29.6 Å². The molecule has 1 aliphatic heterocycles. The van der Waals surface area contributed by atoms with E-state index in [0.29, 0.717) is 19.1 Å². The van der Waals surface area contributed by atoms with Crippen LogP contribution >= 0.6 is 0 Å².